The first-order chi connectivity index (χ1) is 8.61. The lowest BCUT2D eigenvalue weighted by Gasteiger charge is -2.14. The molecule has 1 nitrogen and oxygen atoms in total. The maximum Gasteiger partial charge on any atom is 0.124 e. The highest BCUT2D eigenvalue weighted by atomic mass is 79.9. The summed E-state index contributed by atoms with van der Waals surface area (Å²) in [6.07, 6.45) is 0. The van der Waals surface area contributed by atoms with E-state index in [4.69, 9.17) is 16.3 Å². The Morgan fingerprint density at radius 3 is 2.72 bits per heavy atom. The molecule has 0 saturated carbocycles. The van der Waals surface area contributed by atoms with Gasteiger partial charge in [-0.2, -0.15) is 0 Å². The molecule has 5 heteroatoms. The fourth-order valence-electron chi connectivity index (χ4n) is 1.64. The van der Waals surface area contributed by atoms with E-state index in [0.29, 0.717) is 6.61 Å². The quantitative estimate of drug-likeness (QED) is 0.562. The van der Waals surface area contributed by atoms with Crippen LogP contribution >= 0.6 is 54.8 Å². The van der Waals surface area contributed by atoms with Gasteiger partial charge in [-0.05, 0) is 58.1 Å². The van der Waals surface area contributed by atoms with Crippen LogP contribution in [-0.4, -0.2) is 6.61 Å². The van der Waals surface area contributed by atoms with E-state index in [-0.39, 0.29) is 5.38 Å². The zero-order valence-electron chi connectivity index (χ0n) is 9.62. The summed E-state index contributed by atoms with van der Waals surface area (Å²) >= 11 is 15.1. The van der Waals surface area contributed by atoms with Crippen molar-refractivity contribution in [3.05, 3.63) is 49.0 Å². The Morgan fingerprint density at radius 2 is 2.11 bits per heavy atom. The third kappa shape index (κ3) is 3.29. The van der Waals surface area contributed by atoms with Gasteiger partial charge in [0.2, 0.25) is 0 Å². The zero-order chi connectivity index (χ0) is 13.1. The van der Waals surface area contributed by atoms with E-state index in [9.17, 15) is 0 Å². The molecule has 0 aliphatic rings. The Hall–Kier alpha value is -0.0300. The molecule has 2 aromatic rings. The minimum Gasteiger partial charge on any atom is -0.494 e. The third-order valence-corrected chi connectivity index (χ3v) is 4.93. The molecular weight excluding hydrogens is 399 g/mol. The van der Waals surface area contributed by atoms with Crippen molar-refractivity contribution in [2.45, 2.75) is 12.3 Å². The van der Waals surface area contributed by atoms with Crippen LogP contribution in [0.25, 0.3) is 0 Å². The smallest absolute Gasteiger partial charge is 0.124 e. The molecule has 0 radical (unpaired) electrons. The molecule has 1 aromatic carbocycles. The second-order valence-corrected chi connectivity index (χ2v) is 7.30. The molecule has 1 unspecified atom stereocenters. The summed E-state index contributed by atoms with van der Waals surface area (Å²) in [6, 6.07) is 7.95. The van der Waals surface area contributed by atoms with E-state index < -0.39 is 0 Å². The van der Waals surface area contributed by atoms with Gasteiger partial charge in [0.25, 0.3) is 0 Å². The molecule has 0 aliphatic carbocycles. The van der Waals surface area contributed by atoms with Gasteiger partial charge in [0.15, 0.2) is 0 Å². The summed E-state index contributed by atoms with van der Waals surface area (Å²) < 4.78 is 7.71. The average Bonchev–Trinajstić information content (AvgIpc) is 2.77. The van der Waals surface area contributed by atoms with Crippen molar-refractivity contribution in [1.29, 1.82) is 0 Å². The zero-order valence-corrected chi connectivity index (χ0v) is 14.4. The van der Waals surface area contributed by atoms with Gasteiger partial charge < -0.3 is 4.74 Å². The molecule has 0 bridgehead atoms. The number of rotatable bonds is 4. The average molecular weight is 411 g/mol. The monoisotopic (exact) mass is 408 g/mol. The van der Waals surface area contributed by atoms with E-state index in [0.717, 1.165) is 25.1 Å². The lowest BCUT2D eigenvalue weighted by Crippen LogP contribution is -1.99. The number of halogens is 3. The Morgan fingerprint density at radius 1 is 1.33 bits per heavy atom. The number of thiophene rings is 1. The Balaban J connectivity index is 2.39. The third-order valence-electron chi connectivity index (χ3n) is 2.43. The normalized spacial score (nSPS) is 12.4. The van der Waals surface area contributed by atoms with Crippen LogP contribution in [0.3, 0.4) is 0 Å². The van der Waals surface area contributed by atoms with Gasteiger partial charge in [0, 0.05) is 10.0 Å². The van der Waals surface area contributed by atoms with Gasteiger partial charge in [-0.3, -0.25) is 0 Å². The Labute approximate surface area is 132 Å². The van der Waals surface area contributed by atoms with Gasteiger partial charge in [-0.25, -0.2) is 0 Å². The van der Waals surface area contributed by atoms with Crippen molar-refractivity contribution in [2.75, 3.05) is 6.61 Å². The number of hydrogen-bond donors (Lipinski definition) is 0. The number of ether oxygens (including phenoxy) is 1. The highest BCUT2D eigenvalue weighted by molar-refractivity contribution is 9.11. The van der Waals surface area contributed by atoms with Crippen molar-refractivity contribution < 1.29 is 4.74 Å². The SMILES string of the molecule is CCOc1ccc(Br)cc1C(Cl)c1csc(Br)c1. The standard InChI is InChI=1S/C13H11Br2ClOS/c1-2-17-11-4-3-9(14)6-10(11)13(16)8-5-12(15)18-7-8/h3-7,13H,2H2,1H3. The van der Waals surface area contributed by atoms with Gasteiger partial charge in [-0.1, -0.05) is 15.9 Å². The van der Waals surface area contributed by atoms with Crippen LogP contribution in [0.2, 0.25) is 0 Å². The highest BCUT2D eigenvalue weighted by Crippen LogP contribution is 2.39. The predicted molar refractivity (Wildman–Crippen MR) is 85.0 cm³/mol. The summed E-state index contributed by atoms with van der Waals surface area (Å²) in [4.78, 5) is 0. The number of hydrogen-bond acceptors (Lipinski definition) is 2. The van der Waals surface area contributed by atoms with Crippen LogP contribution in [-0.2, 0) is 0 Å². The van der Waals surface area contributed by atoms with Gasteiger partial charge in [-0.15, -0.1) is 22.9 Å². The maximum atomic E-state index is 6.54. The molecule has 0 saturated heterocycles. The summed E-state index contributed by atoms with van der Waals surface area (Å²) in [5.74, 6) is 0.836. The fraction of sp³-hybridized carbons (Fsp3) is 0.231. The van der Waals surface area contributed by atoms with Crippen molar-refractivity contribution in [3.63, 3.8) is 0 Å². The van der Waals surface area contributed by atoms with E-state index >= 15 is 0 Å². The lowest BCUT2D eigenvalue weighted by atomic mass is 10.1. The molecule has 0 amide bonds. The molecule has 1 heterocycles. The Kier molecular flexibility index (Phi) is 5.13. The van der Waals surface area contributed by atoms with E-state index in [1.54, 1.807) is 11.3 Å². The Bertz CT molecular complexity index is 542. The van der Waals surface area contributed by atoms with Crippen LogP contribution in [0.15, 0.2) is 37.9 Å². The topological polar surface area (TPSA) is 9.23 Å². The molecule has 96 valence electrons. The summed E-state index contributed by atoms with van der Waals surface area (Å²) in [6.45, 7) is 2.60. The lowest BCUT2D eigenvalue weighted by molar-refractivity contribution is 0.337. The molecule has 1 aromatic heterocycles. The number of alkyl halides is 1. The fourth-order valence-corrected chi connectivity index (χ4v) is 3.59. The van der Waals surface area contributed by atoms with Crippen molar-refractivity contribution in [1.82, 2.24) is 0 Å². The number of benzene rings is 1. The molecule has 18 heavy (non-hydrogen) atoms. The molecule has 0 aliphatic heterocycles. The summed E-state index contributed by atoms with van der Waals surface area (Å²) in [7, 11) is 0. The summed E-state index contributed by atoms with van der Waals surface area (Å²) in [5.41, 5.74) is 2.06. The second-order valence-electron chi connectivity index (χ2n) is 3.66. The molecule has 0 spiro atoms. The molecular formula is C13H11Br2ClOS. The van der Waals surface area contributed by atoms with Gasteiger partial charge in [0.1, 0.15) is 5.75 Å². The van der Waals surface area contributed by atoms with Crippen molar-refractivity contribution in [3.8, 4) is 5.75 Å². The van der Waals surface area contributed by atoms with Crippen LogP contribution in [0, 0.1) is 0 Å². The largest absolute Gasteiger partial charge is 0.494 e. The minimum atomic E-state index is -0.202. The van der Waals surface area contributed by atoms with Crippen LogP contribution in [0.1, 0.15) is 23.4 Å². The summed E-state index contributed by atoms with van der Waals surface area (Å²) in [5, 5.41) is 1.85. The predicted octanol–water partition coefficient (Wildman–Crippen LogP) is 6.00. The van der Waals surface area contributed by atoms with Gasteiger partial charge >= 0.3 is 0 Å². The van der Waals surface area contributed by atoms with E-state index in [1.807, 2.05) is 31.2 Å². The second kappa shape index (κ2) is 6.42. The highest BCUT2D eigenvalue weighted by Gasteiger charge is 2.17. The van der Waals surface area contributed by atoms with Crippen molar-refractivity contribution >= 4 is 54.8 Å². The molecule has 0 N–H and O–H groups in total. The first-order valence-corrected chi connectivity index (χ1v) is 8.32. The van der Waals surface area contributed by atoms with Crippen LogP contribution < -0.4 is 4.74 Å². The van der Waals surface area contributed by atoms with Crippen molar-refractivity contribution in [2.24, 2.45) is 0 Å². The molecule has 2 rings (SSSR count). The molecule has 1 atom stereocenters. The van der Waals surface area contributed by atoms with E-state index in [1.165, 1.54) is 0 Å². The van der Waals surface area contributed by atoms with Crippen LogP contribution in [0.4, 0.5) is 0 Å². The first kappa shape index (κ1) is 14.4. The first-order valence-electron chi connectivity index (χ1n) is 5.42. The van der Waals surface area contributed by atoms with E-state index in [2.05, 4.69) is 37.2 Å². The maximum absolute atomic E-state index is 6.54. The minimum absolute atomic E-state index is 0.202. The molecule has 0 fully saturated rings. The van der Waals surface area contributed by atoms with Gasteiger partial charge in [0.05, 0.1) is 15.8 Å². The van der Waals surface area contributed by atoms with Crippen LogP contribution in [0.5, 0.6) is 5.75 Å².